The lowest BCUT2D eigenvalue weighted by molar-refractivity contribution is -0.137. The second kappa shape index (κ2) is 16.3. The van der Waals surface area contributed by atoms with E-state index in [1.807, 2.05) is 25.7 Å². The Balaban J connectivity index is 1.83. The van der Waals surface area contributed by atoms with Gasteiger partial charge in [-0.1, -0.05) is 26.8 Å². The Morgan fingerprint density at radius 1 is 0.929 bits per heavy atom. The Kier molecular flexibility index (Phi) is 12.9. The maximum absolute atomic E-state index is 14.0. The molecule has 230 valence electrons. The summed E-state index contributed by atoms with van der Waals surface area (Å²) in [5.74, 6) is -2.68. The van der Waals surface area contributed by atoms with E-state index in [0.717, 1.165) is 38.2 Å². The number of rotatable bonds is 14. The van der Waals surface area contributed by atoms with Gasteiger partial charge in [-0.05, 0) is 87.3 Å². The van der Waals surface area contributed by atoms with E-state index >= 15 is 0 Å². The van der Waals surface area contributed by atoms with E-state index in [-0.39, 0.29) is 35.8 Å². The summed E-state index contributed by atoms with van der Waals surface area (Å²) in [6, 6.07) is 8.57. The molecule has 3 rings (SSSR count). The van der Waals surface area contributed by atoms with Crippen molar-refractivity contribution in [1.82, 2.24) is 15.1 Å². The van der Waals surface area contributed by atoms with Gasteiger partial charge in [-0.3, -0.25) is 14.4 Å². The van der Waals surface area contributed by atoms with Crippen molar-refractivity contribution in [3.63, 3.8) is 0 Å². The molecule has 1 aliphatic heterocycles. The largest absolute Gasteiger partial charge is 0.391 e. The van der Waals surface area contributed by atoms with Crippen LogP contribution < -0.4 is 5.32 Å². The topological polar surface area (TPSA) is 90.0 Å². The summed E-state index contributed by atoms with van der Waals surface area (Å²) in [7, 11) is 0. The maximum atomic E-state index is 14.0. The average Bonchev–Trinajstić information content (AvgIpc) is 2.98. The van der Waals surface area contributed by atoms with Gasteiger partial charge in [-0.15, -0.1) is 0 Å². The molecule has 0 saturated carbocycles. The van der Waals surface area contributed by atoms with Crippen molar-refractivity contribution in [2.75, 3.05) is 26.2 Å². The van der Waals surface area contributed by atoms with Crippen molar-refractivity contribution < 1.29 is 28.3 Å². The summed E-state index contributed by atoms with van der Waals surface area (Å²) >= 11 is 0. The Hall–Kier alpha value is -3.33. The second-order valence-electron chi connectivity index (χ2n) is 11.2. The number of piperidine rings is 1. The molecular formula is C33H45F2N3O4. The van der Waals surface area contributed by atoms with Gasteiger partial charge in [0.25, 0.3) is 11.8 Å². The van der Waals surface area contributed by atoms with Gasteiger partial charge in [0.05, 0.1) is 12.1 Å². The van der Waals surface area contributed by atoms with Crippen LogP contribution in [0.2, 0.25) is 0 Å². The highest BCUT2D eigenvalue weighted by molar-refractivity contribution is 5.99. The van der Waals surface area contributed by atoms with Gasteiger partial charge in [0, 0.05) is 49.3 Å². The van der Waals surface area contributed by atoms with Crippen LogP contribution in [0.1, 0.15) is 92.0 Å². The highest BCUT2D eigenvalue weighted by atomic mass is 19.1. The van der Waals surface area contributed by atoms with Crippen molar-refractivity contribution in [1.29, 1.82) is 0 Å². The molecule has 0 radical (unpaired) electrons. The Labute approximate surface area is 248 Å². The summed E-state index contributed by atoms with van der Waals surface area (Å²) in [5, 5.41) is 14.2. The quantitative estimate of drug-likeness (QED) is 0.313. The smallest absolute Gasteiger partial charge is 0.253 e. The van der Waals surface area contributed by atoms with Gasteiger partial charge in [-0.2, -0.15) is 0 Å². The molecule has 1 saturated heterocycles. The minimum atomic E-state index is -1.16. The summed E-state index contributed by atoms with van der Waals surface area (Å²) in [6.45, 7) is 8.48. The normalized spacial score (nSPS) is 15.5. The predicted octanol–water partition coefficient (Wildman–Crippen LogP) is 5.36. The number of nitrogens with one attached hydrogen (secondary N) is 1. The van der Waals surface area contributed by atoms with Crippen molar-refractivity contribution in [2.45, 2.75) is 84.3 Å². The zero-order valence-corrected chi connectivity index (χ0v) is 25.1. The van der Waals surface area contributed by atoms with Crippen molar-refractivity contribution >= 4 is 17.7 Å². The lowest BCUT2D eigenvalue weighted by atomic mass is 9.90. The van der Waals surface area contributed by atoms with E-state index in [2.05, 4.69) is 5.32 Å². The molecule has 42 heavy (non-hydrogen) atoms. The van der Waals surface area contributed by atoms with Crippen LogP contribution in [0, 0.1) is 17.6 Å². The number of aliphatic hydroxyl groups excluding tert-OH is 1. The van der Waals surface area contributed by atoms with Gasteiger partial charge in [0.15, 0.2) is 0 Å². The molecular weight excluding hydrogens is 540 g/mol. The van der Waals surface area contributed by atoms with E-state index in [1.165, 1.54) is 18.2 Å². The van der Waals surface area contributed by atoms with Gasteiger partial charge in [-0.25, -0.2) is 8.78 Å². The molecule has 1 aliphatic rings. The molecule has 2 aromatic rings. The number of carbonyl (C=O) groups excluding carboxylic acids is 3. The predicted molar refractivity (Wildman–Crippen MR) is 159 cm³/mol. The SMILES string of the molecule is CCCN(CCC)C(=O)c1cccc(C(=O)N[C@@H](Cc2cc(F)cc(F)c2)[C@@H](O)C[C@@H](CC)C(=O)N2CCCCC2)c1. The number of hydrogen-bond donors (Lipinski definition) is 2. The molecule has 0 aliphatic carbocycles. The molecule has 3 atom stereocenters. The van der Waals surface area contributed by atoms with Crippen molar-refractivity contribution in [3.8, 4) is 0 Å². The van der Waals surface area contributed by atoms with Gasteiger partial charge in [0.2, 0.25) is 5.91 Å². The second-order valence-corrected chi connectivity index (χ2v) is 11.2. The van der Waals surface area contributed by atoms with Crippen LogP contribution in [0.15, 0.2) is 42.5 Å². The van der Waals surface area contributed by atoms with E-state index in [1.54, 1.807) is 23.1 Å². The minimum Gasteiger partial charge on any atom is -0.391 e. The molecule has 0 spiro atoms. The van der Waals surface area contributed by atoms with Crippen LogP contribution >= 0.6 is 0 Å². The Morgan fingerprint density at radius 3 is 2.14 bits per heavy atom. The molecule has 3 amide bonds. The Morgan fingerprint density at radius 2 is 1.55 bits per heavy atom. The van der Waals surface area contributed by atoms with E-state index in [4.69, 9.17) is 0 Å². The number of benzene rings is 2. The molecule has 2 aromatic carbocycles. The molecule has 1 fully saturated rings. The zero-order chi connectivity index (χ0) is 30.6. The zero-order valence-electron chi connectivity index (χ0n) is 25.1. The molecule has 2 N–H and O–H groups in total. The first-order valence-corrected chi connectivity index (χ1v) is 15.3. The summed E-state index contributed by atoms with van der Waals surface area (Å²) in [4.78, 5) is 43.4. The fourth-order valence-corrected chi connectivity index (χ4v) is 5.62. The minimum absolute atomic E-state index is 0.0203. The fourth-order valence-electron chi connectivity index (χ4n) is 5.62. The summed E-state index contributed by atoms with van der Waals surface area (Å²) in [5.41, 5.74) is 0.880. The highest BCUT2D eigenvalue weighted by Gasteiger charge is 2.31. The molecule has 0 unspecified atom stereocenters. The highest BCUT2D eigenvalue weighted by Crippen LogP contribution is 2.22. The van der Waals surface area contributed by atoms with Gasteiger partial charge in [0.1, 0.15) is 11.6 Å². The monoisotopic (exact) mass is 585 g/mol. The maximum Gasteiger partial charge on any atom is 0.253 e. The molecule has 0 bridgehead atoms. The number of nitrogens with zero attached hydrogens (tertiary/aromatic N) is 2. The average molecular weight is 586 g/mol. The fraction of sp³-hybridized carbons (Fsp3) is 0.545. The van der Waals surface area contributed by atoms with Crippen LogP contribution in [0.4, 0.5) is 8.78 Å². The van der Waals surface area contributed by atoms with Crippen molar-refractivity contribution in [3.05, 3.63) is 70.8 Å². The number of halogens is 2. The number of carbonyl (C=O) groups is 3. The van der Waals surface area contributed by atoms with Crippen molar-refractivity contribution in [2.24, 2.45) is 5.92 Å². The molecule has 9 heteroatoms. The van der Waals surface area contributed by atoms with Crippen LogP contribution in [-0.2, 0) is 11.2 Å². The van der Waals surface area contributed by atoms with E-state index in [9.17, 15) is 28.3 Å². The molecule has 1 heterocycles. The first kappa shape index (κ1) is 33.2. The lowest BCUT2D eigenvalue weighted by Crippen LogP contribution is -2.47. The van der Waals surface area contributed by atoms with E-state index in [0.29, 0.717) is 38.2 Å². The standard InChI is InChI=1S/C33H45F2N3O4/c1-4-13-37(14-5-2)33(42)26-12-10-11-25(20-26)31(40)36-29(19-23-17-27(34)22-28(35)18-23)30(39)21-24(6-3)32(41)38-15-8-7-9-16-38/h10-12,17-18,20,22,24,29-30,39H,4-9,13-16,19,21H2,1-3H3,(H,36,40)/t24-,29+,30+/m1/s1. The van der Waals surface area contributed by atoms with Crippen LogP contribution in [0.25, 0.3) is 0 Å². The van der Waals surface area contributed by atoms with Gasteiger partial charge < -0.3 is 20.2 Å². The van der Waals surface area contributed by atoms with Crippen LogP contribution in [0.3, 0.4) is 0 Å². The number of amides is 3. The van der Waals surface area contributed by atoms with Gasteiger partial charge >= 0.3 is 0 Å². The Bertz CT molecular complexity index is 1180. The third-order valence-corrected chi connectivity index (χ3v) is 7.84. The summed E-state index contributed by atoms with van der Waals surface area (Å²) in [6.07, 6.45) is 4.01. The number of likely N-dealkylation sites (tertiary alicyclic amines) is 1. The number of aliphatic hydroxyl groups is 1. The van der Waals surface area contributed by atoms with Crippen LogP contribution in [0.5, 0.6) is 0 Å². The third kappa shape index (κ3) is 9.34. The van der Waals surface area contributed by atoms with E-state index < -0.39 is 35.6 Å². The first-order valence-electron chi connectivity index (χ1n) is 15.3. The molecule has 0 aromatic heterocycles. The lowest BCUT2D eigenvalue weighted by Gasteiger charge is -2.32. The third-order valence-electron chi connectivity index (χ3n) is 7.84. The summed E-state index contributed by atoms with van der Waals surface area (Å²) < 4.78 is 28.0. The van der Waals surface area contributed by atoms with Crippen LogP contribution in [-0.4, -0.2) is 71.0 Å². The molecule has 7 nitrogen and oxygen atoms in total. The number of hydrogen-bond acceptors (Lipinski definition) is 4. The first-order chi connectivity index (χ1) is 20.2.